The van der Waals surface area contributed by atoms with E-state index in [0.717, 1.165) is 22.5 Å². The highest BCUT2D eigenvalue weighted by molar-refractivity contribution is 7.92. The number of nitrogens with zero attached hydrogens (tertiary/aromatic N) is 2. The SMILES string of the molecule is C/C(=C\c1ccc2c(c1)N(S(=O)(=O)c1cccc(C(F)(F)F)c1)C[C@H](CCC#N)O2)c1c(F)cccc1Cl. The number of halogens is 5. The summed E-state index contributed by atoms with van der Waals surface area (Å²) in [5, 5.41) is 9.17. The first-order valence-electron chi connectivity index (χ1n) is 11.4. The van der Waals surface area contributed by atoms with Gasteiger partial charge in [-0.1, -0.05) is 35.9 Å². The van der Waals surface area contributed by atoms with E-state index in [1.54, 1.807) is 25.1 Å². The quantitative estimate of drug-likeness (QED) is 0.232. The van der Waals surface area contributed by atoms with E-state index in [4.69, 9.17) is 21.6 Å². The number of anilines is 1. The molecule has 1 heterocycles. The topological polar surface area (TPSA) is 70.4 Å². The highest BCUT2D eigenvalue weighted by Gasteiger charge is 2.37. The van der Waals surface area contributed by atoms with Gasteiger partial charge in [-0.3, -0.25) is 4.31 Å². The monoisotopic (exact) mass is 564 g/mol. The van der Waals surface area contributed by atoms with Crippen molar-refractivity contribution >= 4 is 39.0 Å². The Balaban J connectivity index is 1.81. The molecule has 0 bridgehead atoms. The van der Waals surface area contributed by atoms with E-state index in [1.807, 2.05) is 6.07 Å². The first kappa shape index (κ1) is 27.5. The van der Waals surface area contributed by atoms with Crippen LogP contribution in [0.1, 0.15) is 36.5 Å². The molecule has 0 saturated heterocycles. The van der Waals surface area contributed by atoms with Crippen LogP contribution in [-0.4, -0.2) is 21.1 Å². The molecular formula is C27H21ClF4N2O3S. The molecule has 0 N–H and O–H groups in total. The van der Waals surface area contributed by atoms with E-state index < -0.39 is 38.6 Å². The third-order valence-electron chi connectivity index (χ3n) is 5.98. The van der Waals surface area contributed by atoms with Crippen molar-refractivity contribution < 1.29 is 30.7 Å². The molecule has 0 fully saturated rings. The predicted molar refractivity (Wildman–Crippen MR) is 137 cm³/mol. The smallest absolute Gasteiger partial charge is 0.416 e. The molecule has 1 aliphatic rings. The van der Waals surface area contributed by atoms with Crippen LogP contribution in [0.2, 0.25) is 5.02 Å². The molecule has 3 aromatic carbocycles. The fraction of sp³-hybridized carbons (Fsp3) is 0.222. The molecule has 0 amide bonds. The number of sulfonamides is 1. The third-order valence-corrected chi connectivity index (χ3v) is 8.07. The van der Waals surface area contributed by atoms with Crippen LogP contribution in [0.15, 0.2) is 65.6 Å². The molecular weight excluding hydrogens is 544 g/mol. The number of hydrogen-bond donors (Lipinski definition) is 0. The minimum absolute atomic E-state index is 0.0981. The van der Waals surface area contributed by atoms with Crippen LogP contribution in [0, 0.1) is 17.1 Å². The number of ether oxygens (including phenoxy) is 1. The Morgan fingerprint density at radius 1 is 1.18 bits per heavy atom. The van der Waals surface area contributed by atoms with Crippen molar-refractivity contribution in [2.75, 3.05) is 10.8 Å². The Hall–Kier alpha value is -3.55. The Morgan fingerprint density at radius 3 is 2.61 bits per heavy atom. The summed E-state index contributed by atoms with van der Waals surface area (Å²) in [4.78, 5) is -0.533. The summed E-state index contributed by atoms with van der Waals surface area (Å²) in [6.45, 7) is 1.44. The zero-order valence-electron chi connectivity index (χ0n) is 20.0. The summed E-state index contributed by atoms with van der Waals surface area (Å²) in [6, 6.07) is 14.4. The average molecular weight is 565 g/mol. The maximum Gasteiger partial charge on any atom is 0.416 e. The van der Waals surface area contributed by atoms with Crippen LogP contribution in [0.5, 0.6) is 5.75 Å². The average Bonchev–Trinajstić information content (AvgIpc) is 2.86. The lowest BCUT2D eigenvalue weighted by molar-refractivity contribution is -0.137. The van der Waals surface area contributed by atoms with Gasteiger partial charge in [0, 0.05) is 12.0 Å². The van der Waals surface area contributed by atoms with Crippen LogP contribution >= 0.6 is 11.6 Å². The second kappa shape index (κ2) is 10.7. The Kier molecular flexibility index (Phi) is 7.72. The van der Waals surface area contributed by atoms with E-state index >= 15 is 0 Å². The van der Waals surface area contributed by atoms with Gasteiger partial charge in [0.15, 0.2) is 0 Å². The number of fused-ring (bicyclic) bond motifs is 1. The van der Waals surface area contributed by atoms with Crippen molar-refractivity contribution in [1.29, 1.82) is 5.26 Å². The summed E-state index contributed by atoms with van der Waals surface area (Å²) >= 11 is 6.17. The van der Waals surface area contributed by atoms with Crippen LogP contribution in [0.25, 0.3) is 11.6 Å². The van der Waals surface area contributed by atoms with E-state index in [2.05, 4.69) is 0 Å². The lowest BCUT2D eigenvalue weighted by Gasteiger charge is -2.35. The number of allylic oxidation sites excluding steroid dienone is 1. The molecule has 38 heavy (non-hydrogen) atoms. The molecule has 1 atom stereocenters. The molecule has 0 aliphatic carbocycles. The molecule has 0 saturated carbocycles. The summed E-state index contributed by atoms with van der Waals surface area (Å²) in [5.74, 6) is -0.338. The first-order chi connectivity index (χ1) is 17.9. The number of alkyl halides is 3. The van der Waals surface area contributed by atoms with Gasteiger partial charge in [0.1, 0.15) is 17.7 Å². The summed E-state index contributed by atoms with van der Waals surface area (Å²) < 4.78 is 88.5. The summed E-state index contributed by atoms with van der Waals surface area (Å²) in [6.07, 6.45) is -3.49. The standard InChI is InChI=1S/C27H21ClF4N2O3S/c1-17(26-22(28)8-3-9-23(26)29)13-18-10-11-25-24(14-18)34(16-20(37-25)6-4-12-33)38(35,36)21-7-2-5-19(15-21)27(30,31)32/h2-3,5,7-11,13-15,20H,4,6,16H2,1H3/b17-13+/t20-/m0/s1. The van der Waals surface area contributed by atoms with Gasteiger partial charge >= 0.3 is 6.18 Å². The lowest BCUT2D eigenvalue weighted by Crippen LogP contribution is -2.43. The van der Waals surface area contributed by atoms with Gasteiger partial charge in [-0.25, -0.2) is 12.8 Å². The Labute approximate surface area is 222 Å². The molecule has 198 valence electrons. The molecule has 0 aromatic heterocycles. The fourth-order valence-electron chi connectivity index (χ4n) is 4.18. The highest BCUT2D eigenvalue weighted by atomic mass is 35.5. The van der Waals surface area contributed by atoms with E-state index in [1.165, 1.54) is 24.3 Å². The van der Waals surface area contributed by atoms with E-state index in [9.17, 15) is 26.0 Å². The zero-order valence-corrected chi connectivity index (χ0v) is 21.5. The summed E-state index contributed by atoms with van der Waals surface area (Å²) in [5.41, 5.74) is 0.167. The van der Waals surface area contributed by atoms with E-state index in [0.29, 0.717) is 17.2 Å². The summed E-state index contributed by atoms with van der Waals surface area (Å²) in [7, 11) is -4.46. The zero-order chi connectivity index (χ0) is 27.7. The maximum absolute atomic E-state index is 14.4. The van der Waals surface area contributed by atoms with Crippen molar-refractivity contribution in [3.8, 4) is 11.8 Å². The minimum Gasteiger partial charge on any atom is -0.486 e. The number of benzene rings is 3. The van der Waals surface area contributed by atoms with Crippen molar-refractivity contribution in [2.45, 2.75) is 36.9 Å². The minimum atomic E-state index is -4.73. The Morgan fingerprint density at radius 2 is 1.92 bits per heavy atom. The van der Waals surface area contributed by atoms with Gasteiger partial charge in [0.25, 0.3) is 10.0 Å². The van der Waals surface area contributed by atoms with E-state index in [-0.39, 0.29) is 41.4 Å². The van der Waals surface area contributed by atoms with Crippen LogP contribution < -0.4 is 9.04 Å². The highest BCUT2D eigenvalue weighted by Crippen LogP contribution is 2.40. The maximum atomic E-state index is 14.4. The molecule has 1 aliphatic heterocycles. The van der Waals surface area contributed by atoms with Gasteiger partial charge in [-0.05, 0) is 66.9 Å². The van der Waals surface area contributed by atoms with Crippen LogP contribution in [0.3, 0.4) is 0 Å². The van der Waals surface area contributed by atoms with Gasteiger partial charge in [0.05, 0.1) is 33.8 Å². The second-order valence-corrected chi connectivity index (χ2v) is 10.9. The van der Waals surface area contributed by atoms with Crippen molar-refractivity contribution in [3.05, 3.63) is 88.2 Å². The first-order valence-corrected chi connectivity index (χ1v) is 13.2. The lowest BCUT2D eigenvalue weighted by atomic mass is 10.0. The normalized spacial score (nSPS) is 16.0. The predicted octanol–water partition coefficient (Wildman–Crippen LogP) is 7.32. The molecule has 0 spiro atoms. The molecule has 11 heteroatoms. The molecule has 3 aromatic rings. The Bertz CT molecular complexity index is 1530. The van der Waals surface area contributed by atoms with Gasteiger partial charge in [0.2, 0.25) is 0 Å². The van der Waals surface area contributed by atoms with Crippen LogP contribution in [-0.2, 0) is 16.2 Å². The van der Waals surface area contributed by atoms with Crippen molar-refractivity contribution in [1.82, 2.24) is 0 Å². The second-order valence-electron chi connectivity index (χ2n) is 8.65. The van der Waals surface area contributed by atoms with Crippen LogP contribution in [0.4, 0.5) is 23.2 Å². The number of hydrogen-bond acceptors (Lipinski definition) is 4. The van der Waals surface area contributed by atoms with Gasteiger partial charge in [-0.15, -0.1) is 0 Å². The van der Waals surface area contributed by atoms with Gasteiger partial charge < -0.3 is 4.74 Å². The van der Waals surface area contributed by atoms with Crippen molar-refractivity contribution in [2.24, 2.45) is 0 Å². The van der Waals surface area contributed by atoms with Gasteiger partial charge in [-0.2, -0.15) is 18.4 Å². The number of rotatable bonds is 6. The molecule has 0 radical (unpaired) electrons. The van der Waals surface area contributed by atoms with Crippen molar-refractivity contribution in [3.63, 3.8) is 0 Å². The molecule has 0 unspecified atom stereocenters. The number of nitriles is 1. The third kappa shape index (κ3) is 5.64. The molecule has 5 nitrogen and oxygen atoms in total. The largest absolute Gasteiger partial charge is 0.486 e. The molecule has 4 rings (SSSR count). The fourth-order valence-corrected chi connectivity index (χ4v) is 6.04.